The number of hydrogen-bond acceptors (Lipinski definition) is 1. The van der Waals surface area contributed by atoms with Crippen molar-refractivity contribution in [2.24, 2.45) is 0 Å². The smallest absolute Gasteiger partial charge is 0.0541 e. The quantitative estimate of drug-likeness (QED) is 0.170. The number of nitrogens with zero attached hydrogens (tertiary/aromatic N) is 2. The molecule has 2 heteroatoms. The van der Waals surface area contributed by atoms with E-state index < -0.39 is 0 Å². The van der Waals surface area contributed by atoms with E-state index in [1.165, 1.54) is 66.3 Å². The van der Waals surface area contributed by atoms with Gasteiger partial charge in [0.05, 0.1) is 11.0 Å². The van der Waals surface area contributed by atoms with Crippen LogP contribution < -0.4 is 4.90 Å². The molecule has 252 valence electrons. The Morgan fingerprint density at radius 1 is 0.377 bits per heavy atom. The number of benzene rings is 8. The maximum atomic E-state index is 2.41. The summed E-state index contributed by atoms with van der Waals surface area (Å²) in [5, 5.41) is 2.55. The van der Waals surface area contributed by atoms with Crippen LogP contribution in [0, 0.1) is 0 Å². The predicted molar refractivity (Wildman–Crippen MR) is 224 cm³/mol. The Hall–Kier alpha value is -6.64. The van der Waals surface area contributed by atoms with Crippen molar-refractivity contribution in [3.8, 4) is 39.1 Å². The van der Waals surface area contributed by atoms with Crippen LogP contribution in [-0.2, 0) is 5.41 Å². The molecule has 0 amide bonds. The van der Waals surface area contributed by atoms with Crippen molar-refractivity contribution >= 4 is 38.9 Å². The minimum absolute atomic E-state index is 0.0886. The van der Waals surface area contributed by atoms with Crippen LogP contribution in [0.15, 0.2) is 194 Å². The molecular weight excluding hydrogens is 641 g/mol. The fourth-order valence-electron chi connectivity index (χ4n) is 8.54. The van der Waals surface area contributed by atoms with E-state index in [1.54, 1.807) is 0 Å². The van der Waals surface area contributed by atoms with Crippen molar-refractivity contribution in [2.45, 2.75) is 19.3 Å². The molecule has 0 bridgehead atoms. The number of para-hydroxylation sites is 2. The Kier molecular flexibility index (Phi) is 7.19. The van der Waals surface area contributed by atoms with Crippen LogP contribution in [0.25, 0.3) is 60.9 Å². The molecule has 1 aromatic heterocycles. The van der Waals surface area contributed by atoms with Gasteiger partial charge in [-0.05, 0) is 105 Å². The SMILES string of the molecule is CC1(C)c2ccccc2-c2ccc(N(c3ccc(-c4ccc(-n5c6ccccc6c6ccccc65)cc4)cc3)c3cccc(-c4ccccc4)c3)cc21. The lowest BCUT2D eigenvalue weighted by Gasteiger charge is -2.28. The molecule has 1 heterocycles. The molecule has 1 aliphatic carbocycles. The van der Waals surface area contributed by atoms with E-state index in [0.717, 1.165) is 22.7 Å². The summed E-state index contributed by atoms with van der Waals surface area (Å²) < 4.78 is 2.37. The van der Waals surface area contributed by atoms with E-state index >= 15 is 0 Å². The topological polar surface area (TPSA) is 8.17 Å². The Bertz CT molecular complexity index is 2730. The molecule has 0 saturated heterocycles. The summed E-state index contributed by atoms with van der Waals surface area (Å²) in [6, 6.07) is 70.8. The van der Waals surface area contributed by atoms with Crippen LogP contribution in [0.5, 0.6) is 0 Å². The summed E-state index contributed by atoms with van der Waals surface area (Å²) in [7, 11) is 0. The third-order valence-electron chi connectivity index (χ3n) is 11.2. The summed E-state index contributed by atoms with van der Waals surface area (Å²) >= 11 is 0. The Balaban J connectivity index is 1.04. The first-order valence-electron chi connectivity index (χ1n) is 18.4. The summed E-state index contributed by atoms with van der Waals surface area (Å²) in [4.78, 5) is 2.40. The average molecular weight is 679 g/mol. The highest BCUT2D eigenvalue weighted by atomic mass is 15.1. The number of hydrogen-bond donors (Lipinski definition) is 0. The number of fused-ring (bicyclic) bond motifs is 6. The number of anilines is 3. The normalized spacial score (nSPS) is 12.9. The lowest BCUT2D eigenvalue weighted by Crippen LogP contribution is -2.16. The first-order chi connectivity index (χ1) is 26.0. The molecule has 0 unspecified atom stereocenters. The second kappa shape index (κ2) is 12.3. The van der Waals surface area contributed by atoms with Crippen LogP contribution in [0.2, 0.25) is 0 Å². The van der Waals surface area contributed by atoms with Gasteiger partial charge in [0.2, 0.25) is 0 Å². The molecule has 0 spiro atoms. The van der Waals surface area contributed by atoms with E-state index in [-0.39, 0.29) is 5.41 Å². The zero-order valence-electron chi connectivity index (χ0n) is 29.9. The van der Waals surface area contributed by atoms with Crippen molar-refractivity contribution in [2.75, 3.05) is 4.90 Å². The van der Waals surface area contributed by atoms with Gasteiger partial charge < -0.3 is 9.47 Å². The van der Waals surface area contributed by atoms with Gasteiger partial charge in [0, 0.05) is 38.9 Å². The Morgan fingerprint density at radius 2 is 0.906 bits per heavy atom. The highest BCUT2D eigenvalue weighted by Crippen LogP contribution is 2.50. The van der Waals surface area contributed by atoms with Gasteiger partial charge in [-0.15, -0.1) is 0 Å². The van der Waals surface area contributed by atoms with Gasteiger partial charge >= 0.3 is 0 Å². The maximum Gasteiger partial charge on any atom is 0.0541 e. The monoisotopic (exact) mass is 678 g/mol. The molecule has 1 aliphatic rings. The molecule has 9 aromatic rings. The van der Waals surface area contributed by atoms with Crippen LogP contribution >= 0.6 is 0 Å². The van der Waals surface area contributed by atoms with Crippen molar-refractivity contribution in [1.82, 2.24) is 4.57 Å². The fraction of sp³-hybridized carbons (Fsp3) is 0.0588. The number of rotatable bonds is 6. The van der Waals surface area contributed by atoms with Gasteiger partial charge in [-0.1, -0.05) is 147 Å². The van der Waals surface area contributed by atoms with Crippen LogP contribution in [0.3, 0.4) is 0 Å². The van der Waals surface area contributed by atoms with Gasteiger partial charge in [-0.3, -0.25) is 0 Å². The number of aromatic nitrogens is 1. The molecule has 2 nitrogen and oxygen atoms in total. The standard InChI is InChI=1S/C51H38N2/c1-51(2)47-20-9-6-17-43(47)44-32-31-42(34-48(44)51)52(41-16-12-15-38(33-41)35-13-4-3-5-14-35)39-27-23-36(24-28-39)37-25-29-40(30-26-37)53-49-21-10-7-18-45(49)46-19-8-11-22-50(46)53/h3-34H,1-2H3. The Labute approximate surface area is 310 Å². The second-order valence-electron chi connectivity index (χ2n) is 14.6. The largest absolute Gasteiger partial charge is 0.310 e. The predicted octanol–water partition coefficient (Wildman–Crippen LogP) is 13.9. The summed E-state index contributed by atoms with van der Waals surface area (Å²) in [5.74, 6) is 0. The fourth-order valence-corrected chi connectivity index (χ4v) is 8.54. The first-order valence-corrected chi connectivity index (χ1v) is 18.4. The summed E-state index contributed by atoms with van der Waals surface area (Å²) in [6.45, 7) is 4.70. The molecule has 10 rings (SSSR count). The zero-order chi connectivity index (χ0) is 35.5. The molecule has 0 atom stereocenters. The lowest BCUT2D eigenvalue weighted by molar-refractivity contribution is 0.660. The molecular formula is C51H38N2. The first kappa shape index (κ1) is 31.1. The second-order valence-corrected chi connectivity index (χ2v) is 14.6. The van der Waals surface area contributed by atoms with Gasteiger partial charge in [-0.25, -0.2) is 0 Å². The van der Waals surface area contributed by atoms with E-state index in [1.807, 2.05) is 0 Å². The van der Waals surface area contributed by atoms with E-state index in [9.17, 15) is 0 Å². The molecule has 8 aromatic carbocycles. The molecule has 0 saturated carbocycles. The van der Waals surface area contributed by atoms with Gasteiger partial charge in [0.15, 0.2) is 0 Å². The minimum Gasteiger partial charge on any atom is -0.310 e. The van der Waals surface area contributed by atoms with Crippen molar-refractivity contribution in [3.63, 3.8) is 0 Å². The third-order valence-corrected chi connectivity index (χ3v) is 11.2. The molecule has 0 N–H and O–H groups in total. The van der Waals surface area contributed by atoms with Crippen molar-refractivity contribution in [3.05, 3.63) is 205 Å². The molecule has 53 heavy (non-hydrogen) atoms. The Morgan fingerprint density at radius 3 is 1.62 bits per heavy atom. The maximum absolute atomic E-state index is 2.41. The van der Waals surface area contributed by atoms with Crippen LogP contribution in [-0.4, -0.2) is 4.57 Å². The summed E-state index contributed by atoms with van der Waals surface area (Å²) in [6.07, 6.45) is 0. The molecule has 0 radical (unpaired) electrons. The van der Waals surface area contributed by atoms with Gasteiger partial charge in [0.1, 0.15) is 0 Å². The van der Waals surface area contributed by atoms with Gasteiger partial charge in [-0.2, -0.15) is 0 Å². The minimum atomic E-state index is -0.0886. The van der Waals surface area contributed by atoms with E-state index in [2.05, 4.69) is 217 Å². The zero-order valence-corrected chi connectivity index (χ0v) is 29.9. The third kappa shape index (κ3) is 5.10. The highest BCUT2D eigenvalue weighted by Gasteiger charge is 2.35. The lowest BCUT2D eigenvalue weighted by atomic mass is 9.82. The van der Waals surface area contributed by atoms with Crippen molar-refractivity contribution in [1.29, 1.82) is 0 Å². The summed E-state index contributed by atoms with van der Waals surface area (Å²) in [5.41, 5.74) is 17.1. The average Bonchev–Trinajstić information content (AvgIpc) is 3.67. The van der Waals surface area contributed by atoms with Crippen LogP contribution in [0.4, 0.5) is 17.1 Å². The highest BCUT2D eigenvalue weighted by molar-refractivity contribution is 6.09. The van der Waals surface area contributed by atoms with Crippen molar-refractivity contribution < 1.29 is 0 Å². The van der Waals surface area contributed by atoms with Crippen LogP contribution in [0.1, 0.15) is 25.0 Å². The molecule has 0 fully saturated rings. The van der Waals surface area contributed by atoms with Gasteiger partial charge in [0.25, 0.3) is 0 Å². The van der Waals surface area contributed by atoms with E-state index in [4.69, 9.17) is 0 Å². The van der Waals surface area contributed by atoms with E-state index in [0.29, 0.717) is 0 Å². The molecule has 0 aliphatic heterocycles.